The second-order valence-electron chi connectivity index (χ2n) is 10.2. The number of rotatable bonds is 13. The predicted molar refractivity (Wildman–Crippen MR) is 144 cm³/mol. The fourth-order valence-electron chi connectivity index (χ4n) is 3.95. The van der Waals surface area contributed by atoms with Crippen LogP contribution in [0.2, 0.25) is 0 Å². The molecule has 3 rings (SSSR count). The summed E-state index contributed by atoms with van der Waals surface area (Å²) in [6, 6.07) is 15.5. The van der Waals surface area contributed by atoms with Crippen LogP contribution in [-0.2, 0) is 30.4 Å². The number of carbonyl (C=O) groups excluding carboxylic acids is 3. The molecule has 196 valence electrons. The molecule has 0 aromatic heterocycles. The topological polar surface area (TPSA) is 72.9 Å². The minimum absolute atomic E-state index is 0.0504. The van der Waals surface area contributed by atoms with Crippen LogP contribution in [-0.4, -0.2) is 43.9 Å². The molecule has 0 N–H and O–H groups in total. The average Bonchev–Trinajstić information content (AvgIpc) is 2.87. The smallest absolute Gasteiger partial charge is 0.227 e. The summed E-state index contributed by atoms with van der Waals surface area (Å²) in [5, 5.41) is 0. The zero-order valence-electron chi connectivity index (χ0n) is 22.2. The van der Waals surface area contributed by atoms with Gasteiger partial charge in [-0.25, -0.2) is 0 Å². The van der Waals surface area contributed by atoms with Crippen molar-refractivity contribution in [2.75, 3.05) is 31.3 Å². The first kappa shape index (κ1) is 28.3. The lowest BCUT2D eigenvalue weighted by Gasteiger charge is -2.26. The van der Waals surface area contributed by atoms with Gasteiger partial charge in [0.05, 0.1) is 32.1 Å². The predicted octanol–water partition coefficient (Wildman–Crippen LogP) is 5.10. The molecule has 37 heavy (non-hydrogen) atoms. The molecule has 0 saturated carbocycles. The fourth-order valence-corrected chi connectivity index (χ4v) is 3.95. The summed E-state index contributed by atoms with van der Waals surface area (Å²) in [7, 11) is 0. The molecule has 6 nitrogen and oxygen atoms in total. The minimum atomic E-state index is -0.339. The van der Waals surface area contributed by atoms with Crippen molar-refractivity contribution in [2.24, 2.45) is 5.41 Å². The highest BCUT2D eigenvalue weighted by Crippen LogP contribution is 2.26. The summed E-state index contributed by atoms with van der Waals surface area (Å²) in [5.74, 6) is 6.55. The summed E-state index contributed by atoms with van der Waals surface area (Å²) < 4.78 is 11.0. The van der Waals surface area contributed by atoms with Gasteiger partial charge in [-0.2, -0.15) is 0 Å². The number of carbonyl (C=O) groups is 3. The Morgan fingerprint density at radius 2 is 1.43 bits per heavy atom. The van der Waals surface area contributed by atoms with E-state index in [2.05, 4.69) is 11.8 Å². The molecule has 1 amide bonds. The van der Waals surface area contributed by atoms with Crippen LogP contribution in [0.4, 0.5) is 5.69 Å². The zero-order chi connectivity index (χ0) is 26.7. The highest BCUT2D eigenvalue weighted by atomic mass is 16.5. The van der Waals surface area contributed by atoms with Gasteiger partial charge in [-0.05, 0) is 30.2 Å². The van der Waals surface area contributed by atoms with Crippen molar-refractivity contribution in [3.05, 3.63) is 65.2 Å². The molecular formula is C31H37NO5. The molecule has 0 atom stereocenters. The van der Waals surface area contributed by atoms with Gasteiger partial charge < -0.3 is 14.4 Å². The van der Waals surface area contributed by atoms with Crippen LogP contribution in [0.25, 0.3) is 0 Å². The van der Waals surface area contributed by atoms with Gasteiger partial charge >= 0.3 is 0 Å². The molecule has 2 aromatic carbocycles. The van der Waals surface area contributed by atoms with E-state index in [-0.39, 0.29) is 35.7 Å². The number of Topliss-reactive ketones (excluding diaryl/α,β-unsaturated/α-hetero) is 2. The zero-order valence-corrected chi connectivity index (χ0v) is 22.2. The average molecular weight is 504 g/mol. The van der Waals surface area contributed by atoms with Crippen molar-refractivity contribution < 1.29 is 23.9 Å². The van der Waals surface area contributed by atoms with Gasteiger partial charge in [0.2, 0.25) is 5.91 Å². The minimum Gasteiger partial charge on any atom is -0.379 e. The Labute approximate surface area is 220 Å². The second-order valence-corrected chi connectivity index (χ2v) is 10.2. The van der Waals surface area contributed by atoms with Gasteiger partial charge in [0.25, 0.3) is 0 Å². The van der Waals surface area contributed by atoms with E-state index in [9.17, 15) is 14.4 Å². The van der Waals surface area contributed by atoms with Crippen LogP contribution in [0, 0.1) is 17.3 Å². The molecular weight excluding hydrogens is 466 g/mol. The molecule has 1 heterocycles. The maximum Gasteiger partial charge on any atom is 0.227 e. The van der Waals surface area contributed by atoms with Crippen LogP contribution in [0.15, 0.2) is 48.5 Å². The van der Waals surface area contributed by atoms with Gasteiger partial charge in [-0.15, -0.1) is 0 Å². The molecule has 2 aromatic rings. The normalized spacial score (nSPS) is 12.5. The van der Waals surface area contributed by atoms with Crippen LogP contribution < -0.4 is 4.90 Å². The van der Waals surface area contributed by atoms with E-state index in [1.54, 1.807) is 4.90 Å². The van der Waals surface area contributed by atoms with E-state index >= 15 is 0 Å². The number of para-hydroxylation sites is 1. The molecule has 0 fully saturated rings. The third-order valence-corrected chi connectivity index (χ3v) is 6.22. The number of anilines is 1. The monoisotopic (exact) mass is 503 g/mol. The number of nitrogens with zero attached hydrogens (tertiary/aromatic N) is 1. The molecule has 1 aliphatic rings. The largest absolute Gasteiger partial charge is 0.379 e. The van der Waals surface area contributed by atoms with Gasteiger partial charge in [0.15, 0.2) is 0 Å². The number of benzene rings is 2. The molecule has 1 aliphatic heterocycles. The summed E-state index contributed by atoms with van der Waals surface area (Å²) in [6.45, 7) is 7.83. The van der Waals surface area contributed by atoms with Gasteiger partial charge in [-0.1, -0.05) is 62.9 Å². The first-order valence-electron chi connectivity index (χ1n) is 13.0. The van der Waals surface area contributed by atoms with Crippen molar-refractivity contribution in [2.45, 2.75) is 59.4 Å². The van der Waals surface area contributed by atoms with Crippen LogP contribution in [0.1, 0.15) is 69.6 Å². The summed E-state index contributed by atoms with van der Waals surface area (Å²) in [5.41, 5.74) is 3.15. The Hall–Kier alpha value is -3.27. The molecule has 0 bridgehead atoms. The lowest BCUT2D eigenvalue weighted by Crippen LogP contribution is -2.32. The Morgan fingerprint density at radius 3 is 2.19 bits per heavy atom. The Balaban J connectivity index is 1.37. The van der Waals surface area contributed by atoms with Crippen LogP contribution in [0.5, 0.6) is 0 Å². The van der Waals surface area contributed by atoms with Gasteiger partial charge in [-0.3, -0.25) is 14.4 Å². The Morgan fingerprint density at radius 1 is 0.784 bits per heavy atom. The maximum absolute atomic E-state index is 13.2. The van der Waals surface area contributed by atoms with E-state index in [1.807, 2.05) is 69.3 Å². The van der Waals surface area contributed by atoms with Crippen molar-refractivity contribution in [3.8, 4) is 11.8 Å². The Bertz CT molecular complexity index is 1150. The highest BCUT2D eigenvalue weighted by Gasteiger charge is 2.22. The molecule has 6 heteroatoms. The van der Waals surface area contributed by atoms with E-state index < -0.39 is 0 Å². The summed E-state index contributed by atoms with van der Waals surface area (Å²) in [4.78, 5) is 39.2. The van der Waals surface area contributed by atoms with Gasteiger partial charge in [0, 0.05) is 48.8 Å². The van der Waals surface area contributed by atoms with Crippen molar-refractivity contribution in [3.63, 3.8) is 0 Å². The lowest BCUT2D eigenvalue weighted by atomic mass is 9.89. The quantitative estimate of drug-likeness (QED) is 0.281. The van der Waals surface area contributed by atoms with Crippen molar-refractivity contribution in [1.29, 1.82) is 0 Å². The standard InChI is InChI=1S/C31H37NO5/c1-31(2,3)29(34)18-20-37-22-21-36-19-8-12-27(33)16-17-30(35)32-23-26-11-5-4-9-24(26)14-15-25-10-6-7-13-28(25)32/h4-7,9-11,13H,8,12,16-23H2,1-3H3. The first-order chi connectivity index (χ1) is 17.8. The van der Waals surface area contributed by atoms with E-state index in [4.69, 9.17) is 9.47 Å². The third-order valence-electron chi connectivity index (χ3n) is 6.22. The van der Waals surface area contributed by atoms with E-state index in [1.165, 1.54) is 0 Å². The number of fused-ring (bicyclic) bond motifs is 2. The highest BCUT2D eigenvalue weighted by molar-refractivity contribution is 5.97. The molecule has 0 radical (unpaired) electrons. The fraction of sp³-hybridized carbons (Fsp3) is 0.452. The molecule has 0 saturated heterocycles. The first-order valence-corrected chi connectivity index (χ1v) is 13.0. The van der Waals surface area contributed by atoms with Gasteiger partial charge in [0.1, 0.15) is 11.6 Å². The molecule has 0 unspecified atom stereocenters. The number of ether oxygens (including phenoxy) is 2. The Kier molecular flexibility index (Phi) is 10.6. The van der Waals surface area contributed by atoms with Crippen LogP contribution in [0.3, 0.4) is 0 Å². The summed E-state index contributed by atoms with van der Waals surface area (Å²) in [6.07, 6.45) is 1.74. The van der Waals surface area contributed by atoms with Crippen LogP contribution >= 0.6 is 0 Å². The van der Waals surface area contributed by atoms with Crippen molar-refractivity contribution >= 4 is 23.2 Å². The number of hydrogen-bond acceptors (Lipinski definition) is 5. The molecule has 0 aliphatic carbocycles. The number of hydrogen-bond donors (Lipinski definition) is 0. The van der Waals surface area contributed by atoms with E-state index in [0.717, 1.165) is 22.4 Å². The van der Waals surface area contributed by atoms with E-state index in [0.29, 0.717) is 52.2 Å². The number of ketones is 2. The van der Waals surface area contributed by atoms with Crippen molar-refractivity contribution in [1.82, 2.24) is 0 Å². The maximum atomic E-state index is 13.2. The third kappa shape index (κ3) is 8.96. The molecule has 0 spiro atoms. The number of amides is 1. The second kappa shape index (κ2) is 13.9. The summed E-state index contributed by atoms with van der Waals surface area (Å²) >= 11 is 0. The lowest BCUT2D eigenvalue weighted by molar-refractivity contribution is -0.127. The SMILES string of the molecule is CC(C)(C)C(=O)CCOCCOCCCC(=O)CCC(=O)N1Cc2ccccc2C#Cc2ccccc21.